The van der Waals surface area contributed by atoms with E-state index in [0.717, 1.165) is 28.6 Å². The summed E-state index contributed by atoms with van der Waals surface area (Å²) in [7, 11) is 0. The van der Waals surface area contributed by atoms with Crippen molar-refractivity contribution in [3.63, 3.8) is 0 Å². The zero-order valence-corrected chi connectivity index (χ0v) is 8.29. The molecule has 0 saturated heterocycles. The Labute approximate surface area is 81.8 Å². The number of aromatic nitrogens is 2. The first-order chi connectivity index (χ1) is 6.70. The van der Waals surface area contributed by atoms with Crippen molar-refractivity contribution in [3.05, 3.63) is 39.9 Å². The summed E-state index contributed by atoms with van der Waals surface area (Å²) in [6.45, 7) is 3.88. The number of nitrogens with zero attached hydrogens (tertiary/aromatic N) is 1. The largest absolute Gasteiger partial charge is 0.322 e. The SMILES string of the molecule is CCc1cc2cnc(C)cc2[nH]c1=O. The van der Waals surface area contributed by atoms with Crippen LogP contribution in [0.15, 0.2) is 23.1 Å². The molecule has 2 rings (SSSR count). The Hall–Kier alpha value is -1.64. The van der Waals surface area contributed by atoms with Gasteiger partial charge in [0.1, 0.15) is 0 Å². The molecule has 0 fully saturated rings. The van der Waals surface area contributed by atoms with Crippen molar-refractivity contribution in [1.82, 2.24) is 9.97 Å². The number of H-pyrrole nitrogens is 1. The lowest BCUT2D eigenvalue weighted by Gasteiger charge is -2.01. The monoisotopic (exact) mass is 188 g/mol. The van der Waals surface area contributed by atoms with Crippen LogP contribution in [-0.2, 0) is 6.42 Å². The van der Waals surface area contributed by atoms with E-state index in [2.05, 4.69) is 9.97 Å². The molecule has 2 heterocycles. The van der Waals surface area contributed by atoms with Crippen LogP contribution >= 0.6 is 0 Å². The fourth-order valence-electron chi connectivity index (χ4n) is 1.51. The molecule has 2 aromatic heterocycles. The molecule has 0 bridgehead atoms. The zero-order valence-electron chi connectivity index (χ0n) is 8.29. The van der Waals surface area contributed by atoms with Crippen LogP contribution in [0.2, 0.25) is 0 Å². The molecule has 0 aliphatic heterocycles. The van der Waals surface area contributed by atoms with E-state index in [1.54, 1.807) is 6.20 Å². The Kier molecular flexibility index (Phi) is 2.08. The summed E-state index contributed by atoms with van der Waals surface area (Å²) in [4.78, 5) is 18.5. The van der Waals surface area contributed by atoms with Gasteiger partial charge in [-0.15, -0.1) is 0 Å². The highest BCUT2D eigenvalue weighted by Crippen LogP contribution is 2.10. The summed E-state index contributed by atoms with van der Waals surface area (Å²) < 4.78 is 0. The number of fused-ring (bicyclic) bond motifs is 1. The molecular formula is C11H12N2O. The van der Waals surface area contributed by atoms with Gasteiger partial charge in [0, 0.05) is 22.8 Å². The molecule has 72 valence electrons. The fraction of sp³-hybridized carbons (Fsp3) is 0.273. The third kappa shape index (κ3) is 1.41. The zero-order chi connectivity index (χ0) is 10.1. The second kappa shape index (κ2) is 3.25. The normalized spacial score (nSPS) is 10.7. The Morgan fingerprint density at radius 1 is 1.43 bits per heavy atom. The molecule has 0 amide bonds. The van der Waals surface area contributed by atoms with Crippen LogP contribution < -0.4 is 5.56 Å². The fourth-order valence-corrected chi connectivity index (χ4v) is 1.51. The average Bonchev–Trinajstić information content (AvgIpc) is 2.16. The van der Waals surface area contributed by atoms with Gasteiger partial charge in [0.15, 0.2) is 0 Å². The highest BCUT2D eigenvalue weighted by atomic mass is 16.1. The van der Waals surface area contributed by atoms with E-state index in [1.807, 2.05) is 26.0 Å². The number of hydrogen-bond acceptors (Lipinski definition) is 2. The maximum atomic E-state index is 11.5. The molecule has 0 aliphatic carbocycles. The minimum absolute atomic E-state index is 0.00519. The molecule has 0 radical (unpaired) electrons. The molecule has 0 unspecified atom stereocenters. The Bertz CT molecular complexity index is 528. The van der Waals surface area contributed by atoms with Crippen LogP contribution in [0.4, 0.5) is 0 Å². The van der Waals surface area contributed by atoms with E-state index in [4.69, 9.17) is 0 Å². The molecule has 0 aromatic carbocycles. The van der Waals surface area contributed by atoms with E-state index in [1.165, 1.54) is 0 Å². The molecule has 14 heavy (non-hydrogen) atoms. The Balaban J connectivity index is 2.79. The summed E-state index contributed by atoms with van der Waals surface area (Å²) >= 11 is 0. The second-order valence-electron chi connectivity index (χ2n) is 3.39. The third-order valence-corrected chi connectivity index (χ3v) is 2.32. The first kappa shape index (κ1) is 8.94. The highest BCUT2D eigenvalue weighted by molar-refractivity contribution is 5.78. The van der Waals surface area contributed by atoms with E-state index in [9.17, 15) is 4.79 Å². The van der Waals surface area contributed by atoms with Crippen molar-refractivity contribution in [2.24, 2.45) is 0 Å². The van der Waals surface area contributed by atoms with Gasteiger partial charge >= 0.3 is 0 Å². The Morgan fingerprint density at radius 3 is 2.93 bits per heavy atom. The van der Waals surface area contributed by atoms with E-state index in [0.29, 0.717) is 0 Å². The third-order valence-electron chi connectivity index (χ3n) is 2.32. The molecule has 2 aromatic rings. The van der Waals surface area contributed by atoms with Crippen LogP contribution in [-0.4, -0.2) is 9.97 Å². The second-order valence-corrected chi connectivity index (χ2v) is 3.39. The molecule has 0 spiro atoms. The maximum Gasteiger partial charge on any atom is 0.251 e. The predicted octanol–water partition coefficient (Wildman–Crippen LogP) is 1.79. The summed E-state index contributed by atoms with van der Waals surface area (Å²) in [5.41, 5.74) is 2.59. The molecule has 1 N–H and O–H groups in total. The Morgan fingerprint density at radius 2 is 2.21 bits per heavy atom. The van der Waals surface area contributed by atoms with E-state index < -0.39 is 0 Å². The molecule has 0 atom stereocenters. The average molecular weight is 188 g/mol. The summed E-state index contributed by atoms with van der Waals surface area (Å²) in [6.07, 6.45) is 2.54. The van der Waals surface area contributed by atoms with Crippen molar-refractivity contribution in [3.8, 4) is 0 Å². The predicted molar refractivity (Wildman–Crippen MR) is 56.5 cm³/mol. The minimum atomic E-state index is 0.00519. The van der Waals surface area contributed by atoms with Crippen LogP contribution in [0.1, 0.15) is 18.2 Å². The van der Waals surface area contributed by atoms with Gasteiger partial charge in [-0.2, -0.15) is 0 Å². The van der Waals surface area contributed by atoms with Crippen LogP contribution in [0.5, 0.6) is 0 Å². The molecule has 3 nitrogen and oxygen atoms in total. The number of pyridine rings is 2. The van der Waals surface area contributed by atoms with Gasteiger partial charge in [-0.1, -0.05) is 6.92 Å². The summed E-state index contributed by atoms with van der Waals surface area (Å²) in [5, 5.41) is 0.993. The summed E-state index contributed by atoms with van der Waals surface area (Å²) in [6, 6.07) is 3.79. The lowest BCUT2D eigenvalue weighted by Crippen LogP contribution is -2.11. The standard InChI is InChI=1S/C11H12N2O/c1-3-8-5-9-6-12-7(2)4-10(9)13-11(8)14/h4-6H,3H2,1-2H3,(H,13,14). The molecular weight excluding hydrogens is 176 g/mol. The number of aryl methyl sites for hydroxylation is 2. The molecule has 0 aliphatic rings. The van der Waals surface area contributed by atoms with E-state index in [-0.39, 0.29) is 5.56 Å². The minimum Gasteiger partial charge on any atom is -0.322 e. The van der Waals surface area contributed by atoms with Crippen molar-refractivity contribution in [2.75, 3.05) is 0 Å². The highest BCUT2D eigenvalue weighted by Gasteiger charge is 2.00. The van der Waals surface area contributed by atoms with Crippen LogP contribution in [0, 0.1) is 6.92 Å². The van der Waals surface area contributed by atoms with Gasteiger partial charge < -0.3 is 4.98 Å². The number of rotatable bonds is 1. The number of nitrogens with one attached hydrogen (secondary N) is 1. The van der Waals surface area contributed by atoms with Gasteiger partial charge in [0.2, 0.25) is 0 Å². The van der Waals surface area contributed by atoms with Gasteiger partial charge in [0.25, 0.3) is 5.56 Å². The van der Waals surface area contributed by atoms with Crippen molar-refractivity contribution in [2.45, 2.75) is 20.3 Å². The summed E-state index contributed by atoms with van der Waals surface area (Å²) in [5.74, 6) is 0. The van der Waals surface area contributed by atoms with Gasteiger partial charge in [-0.05, 0) is 25.5 Å². The van der Waals surface area contributed by atoms with Crippen LogP contribution in [0.25, 0.3) is 10.9 Å². The van der Waals surface area contributed by atoms with Gasteiger partial charge in [-0.25, -0.2) is 0 Å². The quantitative estimate of drug-likeness (QED) is 0.741. The smallest absolute Gasteiger partial charge is 0.251 e. The molecule has 3 heteroatoms. The lowest BCUT2D eigenvalue weighted by molar-refractivity contribution is 1.08. The van der Waals surface area contributed by atoms with Crippen molar-refractivity contribution >= 4 is 10.9 Å². The van der Waals surface area contributed by atoms with Crippen molar-refractivity contribution < 1.29 is 0 Å². The molecule has 0 saturated carbocycles. The maximum absolute atomic E-state index is 11.5. The van der Waals surface area contributed by atoms with Gasteiger partial charge in [-0.3, -0.25) is 9.78 Å². The first-order valence-electron chi connectivity index (χ1n) is 4.69. The number of hydrogen-bond donors (Lipinski definition) is 1. The first-order valence-corrected chi connectivity index (χ1v) is 4.69. The van der Waals surface area contributed by atoms with Crippen molar-refractivity contribution in [1.29, 1.82) is 0 Å². The van der Waals surface area contributed by atoms with Gasteiger partial charge in [0.05, 0.1) is 5.52 Å². The number of aromatic amines is 1. The topological polar surface area (TPSA) is 45.8 Å². The van der Waals surface area contributed by atoms with Crippen LogP contribution in [0.3, 0.4) is 0 Å². The lowest BCUT2D eigenvalue weighted by atomic mass is 10.1. The van der Waals surface area contributed by atoms with E-state index >= 15 is 0 Å².